The number of aromatic nitrogens is 5. The maximum Gasteiger partial charge on any atom is 0.359 e. The SMILES string of the molecule is COc1ccc(C(=O)N(CC(C)(C)CCn2cc(CC(=O)NCCC[N+](C)(CC(=O)O)CC(=O)O)nn2)c2cccc(C)n2)c(N2CCC(COc3cc([C@@H](CC(=O)O)C4CC4)ccn3)CC2)c1. The van der Waals surface area contributed by atoms with Gasteiger partial charge in [-0.3, -0.25) is 24.0 Å². The topological polar surface area (TPSA) is 239 Å². The predicted molar refractivity (Wildman–Crippen MR) is 252 cm³/mol. The van der Waals surface area contributed by atoms with Crippen molar-refractivity contribution < 1.29 is 53.2 Å². The third kappa shape index (κ3) is 14.9. The Kier molecular flexibility index (Phi) is 17.1. The van der Waals surface area contributed by atoms with E-state index in [9.17, 15) is 39.3 Å². The fourth-order valence-electron chi connectivity index (χ4n) is 8.92. The monoisotopic (exact) mass is 940 g/mol. The molecule has 0 unspecified atom stereocenters. The van der Waals surface area contributed by atoms with Crippen molar-refractivity contribution in [1.29, 1.82) is 0 Å². The third-order valence-corrected chi connectivity index (χ3v) is 12.8. The highest BCUT2D eigenvalue weighted by atomic mass is 16.5. The van der Waals surface area contributed by atoms with Gasteiger partial charge in [0.2, 0.25) is 11.8 Å². The second-order valence-electron chi connectivity index (χ2n) is 19.3. The van der Waals surface area contributed by atoms with Crippen LogP contribution >= 0.6 is 0 Å². The van der Waals surface area contributed by atoms with E-state index >= 15 is 0 Å². The smallest absolute Gasteiger partial charge is 0.359 e. The van der Waals surface area contributed by atoms with E-state index in [2.05, 4.69) is 39.4 Å². The van der Waals surface area contributed by atoms with E-state index in [-0.39, 0.29) is 67.2 Å². The van der Waals surface area contributed by atoms with Crippen molar-refractivity contribution in [3.8, 4) is 11.6 Å². The molecular weight excluding hydrogens is 875 g/mol. The molecule has 19 heteroatoms. The summed E-state index contributed by atoms with van der Waals surface area (Å²) < 4.78 is 13.4. The largest absolute Gasteiger partial charge is 0.497 e. The van der Waals surface area contributed by atoms with Gasteiger partial charge in [-0.2, -0.15) is 0 Å². The number of likely N-dealkylation sites (N-methyl/N-ethyl adjacent to an activating group) is 1. The molecule has 1 aliphatic carbocycles. The Balaban J connectivity index is 1.06. The first kappa shape index (κ1) is 50.8. The molecule has 1 aliphatic heterocycles. The van der Waals surface area contributed by atoms with Crippen LogP contribution < -0.4 is 24.6 Å². The van der Waals surface area contributed by atoms with Crippen LogP contribution in [0.3, 0.4) is 0 Å². The summed E-state index contributed by atoms with van der Waals surface area (Å²) in [5, 5.41) is 39.2. The normalized spacial score (nSPS) is 14.8. The Hall–Kier alpha value is -6.63. The third-order valence-electron chi connectivity index (χ3n) is 12.8. The number of nitrogens with zero attached hydrogens (tertiary/aromatic N) is 8. The number of pyridine rings is 2. The number of benzene rings is 1. The van der Waals surface area contributed by atoms with E-state index in [1.165, 1.54) is 0 Å². The molecule has 4 heterocycles. The second kappa shape index (κ2) is 22.9. The summed E-state index contributed by atoms with van der Waals surface area (Å²) in [6.45, 7) is 8.56. The number of aliphatic carboxylic acids is 3. The summed E-state index contributed by atoms with van der Waals surface area (Å²) in [6, 6.07) is 15.0. The number of amides is 2. The number of hydrogen-bond donors (Lipinski definition) is 4. The molecule has 0 bridgehead atoms. The summed E-state index contributed by atoms with van der Waals surface area (Å²) in [6.07, 6.45) is 8.23. The standard InChI is InChI=1S/C49H65N9O10/c1-33-8-6-9-42(52-33)57(32-49(2,3)17-22-56-28-37(53-54-56)25-43(59)50-18-7-23-58(4,29-46(62)63)30-47(64)65)48(66)39-13-12-38(67-5)26-41(39)55-20-15-34(16-21-55)31-68-44-24-36(14-19-51-44)40(27-45(60)61)35-10-11-35/h6,8-9,12-14,19,24,26,28,34-35,40H,7,10-11,15-18,20-23,25,27,29-32H2,1-5H3,(H3-,50,59,60,61,62,63,64,65)/p+1/t40-/m0/s1. The Labute approximate surface area is 397 Å². The number of carboxylic acid groups (broad SMARTS) is 3. The van der Waals surface area contributed by atoms with Gasteiger partial charge >= 0.3 is 17.9 Å². The zero-order valence-corrected chi connectivity index (χ0v) is 39.8. The Morgan fingerprint density at radius 3 is 2.37 bits per heavy atom. The second-order valence-corrected chi connectivity index (χ2v) is 19.3. The summed E-state index contributed by atoms with van der Waals surface area (Å²) in [4.78, 5) is 75.0. The molecular formula is C49H66N9O10+. The van der Waals surface area contributed by atoms with Gasteiger partial charge in [0.15, 0.2) is 13.1 Å². The van der Waals surface area contributed by atoms with Crippen molar-refractivity contribution in [3.05, 3.63) is 83.4 Å². The van der Waals surface area contributed by atoms with Crippen LogP contribution in [0, 0.1) is 24.2 Å². The molecule has 2 fully saturated rings. The number of quaternary nitrogens is 1. The molecule has 2 amide bonds. The first-order chi connectivity index (χ1) is 32.4. The molecule has 68 heavy (non-hydrogen) atoms. The highest BCUT2D eigenvalue weighted by Crippen LogP contribution is 2.45. The summed E-state index contributed by atoms with van der Waals surface area (Å²) >= 11 is 0. The molecule has 1 saturated carbocycles. The zero-order chi connectivity index (χ0) is 49.0. The number of piperidine rings is 1. The van der Waals surface area contributed by atoms with Crippen LogP contribution in [0.4, 0.5) is 11.5 Å². The summed E-state index contributed by atoms with van der Waals surface area (Å²) in [5.74, 6) is -1.18. The molecule has 1 saturated heterocycles. The Morgan fingerprint density at radius 2 is 1.71 bits per heavy atom. The molecule has 1 atom stereocenters. The molecule has 0 radical (unpaired) electrons. The van der Waals surface area contributed by atoms with Crippen molar-refractivity contribution >= 4 is 41.2 Å². The number of carboxylic acids is 3. The lowest BCUT2D eigenvalue weighted by molar-refractivity contribution is -0.895. The van der Waals surface area contributed by atoms with Crippen LogP contribution in [-0.4, -0.2) is 141 Å². The van der Waals surface area contributed by atoms with E-state index in [0.717, 1.165) is 42.6 Å². The van der Waals surface area contributed by atoms with Crippen molar-refractivity contribution in [2.75, 3.05) is 76.4 Å². The number of hydrogen-bond acceptors (Lipinski definition) is 12. The van der Waals surface area contributed by atoms with E-state index < -0.39 is 23.3 Å². The van der Waals surface area contributed by atoms with Gasteiger partial charge in [-0.25, -0.2) is 19.6 Å². The first-order valence-electron chi connectivity index (χ1n) is 23.3. The molecule has 19 nitrogen and oxygen atoms in total. The number of methoxy groups -OCH3 is 1. The van der Waals surface area contributed by atoms with E-state index in [4.69, 9.17) is 14.5 Å². The van der Waals surface area contributed by atoms with Crippen LogP contribution in [-0.2, 0) is 32.1 Å². The maximum absolute atomic E-state index is 15.0. The first-order valence-corrected chi connectivity index (χ1v) is 23.3. The van der Waals surface area contributed by atoms with Crippen LogP contribution in [0.15, 0.2) is 60.9 Å². The number of nitrogens with one attached hydrogen (secondary N) is 1. The van der Waals surface area contributed by atoms with Crippen molar-refractivity contribution in [1.82, 2.24) is 30.3 Å². The van der Waals surface area contributed by atoms with Crippen LogP contribution in [0.1, 0.15) is 92.0 Å². The van der Waals surface area contributed by atoms with Gasteiger partial charge in [0.05, 0.1) is 57.1 Å². The number of carbonyl (C=O) groups excluding carboxylic acids is 2. The summed E-state index contributed by atoms with van der Waals surface area (Å²) in [5.41, 5.74) is 3.07. The van der Waals surface area contributed by atoms with Gasteiger partial charge in [-0.15, -0.1) is 5.10 Å². The Morgan fingerprint density at radius 1 is 0.971 bits per heavy atom. The van der Waals surface area contributed by atoms with Crippen LogP contribution in [0.2, 0.25) is 0 Å². The molecule has 0 spiro atoms. The van der Waals surface area contributed by atoms with Gasteiger partial charge in [0.1, 0.15) is 11.6 Å². The lowest BCUT2D eigenvalue weighted by Crippen LogP contribution is -2.52. The van der Waals surface area contributed by atoms with Gasteiger partial charge < -0.3 is 39.5 Å². The molecule has 1 aromatic carbocycles. The Bertz CT molecular complexity index is 2380. The molecule has 3 aromatic heterocycles. The number of ether oxygens (including phenoxy) is 2. The van der Waals surface area contributed by atoms with Crippen molar-refractivity contribution in [3.63, 3.8) is 0 Å². The molecule has 6 rings (SSSR count). The van der Waals surface area contributed by atoms with Gasteiger partial charge in [0.25, 0.3) is 5.91 Å². The zero-order valence-electron chi connectivity index (χ0n) is 39.8. The van der Waals surface area contributed by atoms with E-state index in [1.54, 1.807) is 42.2 Å². The number of aryl methyl sites for hydroxylation is 2. The average Bonchev–Trinajstić information content (AvgIpc) is 4.04. The fraction of sp³-hybridized carbons (Fsp3) is 0.531. The molecule has 2 aliphatic rings. The van der Waals surface area contributed by atoms with E-state index in [1.807, 2.05) is 49.4 Å². The highest BCUT2D eigenvalue weighted by Gasteiger charge is 2.35. The van der Waals surface area contributed by atoms with Crippen molar-refractivity contribution in [2.45, 2.75) is 84.6 Å². The minimum absolute atomic E-state index is 0.0130. The number of carbonyl (C=O) groups is 5. The van der Waals surface area contributed by atoms with E-state index in [0.29, 0.717) is 80.3 Å². The van der Waals surface area contributed by atoms with Gasteiger partial charge in [-0.05, 0) is 98.1 Å². The lowest BCUT2D eigenvalue weighted by atomic mass is 9.88. The maximum atomic E-state index is 15.0. The van der Waals surface area contributed by atoms with Crippen LogP contribution in [0.25, 0.3) is 0 Å². The van der Waals surface area contributed by atoms with Gasteiger partial charge in [0, 0.05) is 69.4 Å². The number of rotatable bonds is 26. The summed E-state index contributed by atoms with van der Waals surface area (Å²) in [7, 11) is 3.18. The predicted octanol–water partition coefficient (Wildman–Crippen LogP) is 5.08. The average molecular weight is 941 g/mol. The fourth-order valence-corrected chi connectivity index (χ4v) is 8.92. The number of anilines is 2. The minimum Gasteiger partial charge on any atom is -0.497 e. The highest BCUT2D eigenvalue weighted by molar-refractivity contribution is 6.09. The molecule has 4 aromatic rings. The lowest BCUT2D eigenvalue weighted by Gasteiger charge is -2.36. The molecule has 4 N–H and O–H groups in total. The van der Waals surface area contributed by atoms with Gasteiger partial charge in [-0.1, -0.05) is 25.1 Å². The quantitative estimate of drug-likeness (QED) is 0.0475. The molecule has 366 valence electrons. The minimum atomic E-state index is -1.09. The van der Waals surface area contributed by atoms with Crippen LogP contribution in [0.5, 0.6) is 11.6 Å². The van der Waals surface area contributed by atoms with Crippen molar-refractivity contribution in [2.24, 2.45) is 17.3 Å².